The highest BCUT2D eigenvalue weighted by atomic mass is 16.6. The fourth-order valence-electron chi connectivity index (χ4n) is 2.11. The first-order valence-corrected chi connectivity index (χ1v) is 7.06. The SMILES string of the molecule is CC(CCC(=O)O)OC(=O)N1CCC=C(c2nnn(C)n2)C1. The third-order valence-electron chi connectivity index (χ3n) is 3.27. The lowest BCUT2D eigenvalue weighted by Gasteiger charge is -2.27. The molecule has 0 aliphatic carbocycles. The van der Waals surface area contributed by atoms with Gasteiger partial charge in [-0.25, -0.2) is 4.79 Å². The van der Waals surface area contributed by atoms with Gasteiger partial charge in [0.05, 0.1) is 13.6 Å². The second-order valence-corrected chi connectivity index (χ2v) is 5.17. The van der Waals surface area contributed by atoms with Crippen molar-refractivity contribution in [3.63, 3.8) is 0 Å². The lowest BCUT2D eigenvalue weighted by atomic mass is 10.1. The molecule has 22 heavy (non-hydrogen) atoms. The Labute approximate surface area is 127 Å². The number of carbonyl (C=O) groups is 2. The van der Waals surface area contributed by atoms with Gasteiger partial charge in [-0.3, -0.25) is 4.79 Å². The van der Waals surface area contributed by atoms with E-state index in [9.17, 15) is 9.59 Å². The monoisotopic (exact) mass is 309 g/mol. The number of aliphatic carboxylic acids is 1. The molecule has 1 aromatic rings. The van der Waals surface area contributed by atoms with Crippen LogP contribution in [0.5, 0.6) is 0 Å². The number of hydrogen-bond donors (Lipinski definition) is 1. The van der Waals surface area contributed by atoms with E-state index in [4.69, 9.17) is 9.84 Å². The largest absolute Gasteiger partial charge is 0.481 e. The number of carbonyl (C=O) groups excluding carboxylic acids is 1. The summed E-state index contributed by atoms with van der Waals surface area (Å²) in [6.07, 6.45) is 2.05. The predicted octanol–water partition coefficient (Wildman–Crippen LogP) is 0.689. The zero-order chi connectivity index (χ0) is 16.1. The summed E-state index contributed by atoms with van der Waals surface area (Å²) in [7, 11) is 1.68. The summed E-state index contributed by atoms with van der Waals surface area (Å²) in [6, 6.07) is 0. The lowest BCUT2D eigenvalue weighted by Crippen LogP contribution is -2.37. The maximum atomic E-state index is 12.1. The number of ether oxygens (including phenoxy) is 1. The van der Waals surface area contributed by atoms with Crippen molar-refractivity contribution in [2.45, 2.75) is 32.3 Å². The van der Waals surface area contributed by atoms with Crippen LogP contribution in [-0.4, -0.2) is 61.5 Å². The molecular weight excluding hydrogens is 290 g/mol. The Kier molecular flexibility index (Phi) is 5.08. The second kappa shape index (κ2) is 7.01. The Morgan fingerprint density at radius 1 is 1.50 bits per heavy atom. The first-order chi connectivity index (χ1) is 10.5. The van der Waals surface area contributed by atoms with Gasteiger partial charge in [0.15, 0.2) is 0 Å². The van der Waals surface area contributed by atoms with E-state index in [1.165, 1.54) is 4.80 Å². The minimum atomic E-state index is -0.903. The molecule has 1 N–H and O–H groups in total. The average Bonchev–Trinajstić information content (AvgIpc) is 2.92. The number of tetrazole rings is 1. The molecule has 9 heteroatoms. The maximum Gasteiger partial charge on any atom is 0.410 e. The van der Waals surface area contributed by atoms with Gasteiger partial charge in [-0.1, -0.05) is 6.08 Å². The zero-order valence-electron chi connectivity index (χ0n) is 12.6. The van der Waals surface area contributed by atoms with Crippen LogP contribution in [-0.2, 0) is 16.6 Å². The molecular formula is C13H19N5O4. The van der Waals surface area contributed by atoms with Gasteiger partial charge in [-0.2, -0.15) is 4.80 Å². The predicted molar refractivity (Wildman–Crippen MR) is 75.8 cm³/mol. The van der Waals surface area contributed by atoms with Crippen LogP contribution >= 0.6 is 0 Å². The third-order valence-corrected chi connectivity index (χ3v) is 3.27. The average molecular weight is 309 g/mol. The third kappa shape index (κ3) is 4.27. The van der Waals surface area contributed by atoms with E-state index >= 15 is 0 Å². The van der Waals surface area contributed by atoms with E-state index in [0.717, 1.165) is 5.57 Å². The highest BCUT2D eigenvalue weighted by molar-refractivity contribution is 5.73. The molecule has 1 unspecified atom stereocenters. The Balaban J connectivity index is 1.89. The van der Waals surface area contributed by atoms with Crippen LogP contribution in [0.2, 0.25) is 0 Å². The van der Waals surface area contributed by atoms with Gasteiger partial charge in [0.1, 0.15) is 6.10 Å². The highest BCUT2D eigenvalue weighted by Crippen LogP contribution is 2.18. The molecule has 1 aromatic heterocycles. The van der Waals surface area contributed by atoms with Crippen LogP contribution in [0.3, 0.4) is 0 Å². The summed E-state index contributed by atoms with van der Waals surface area (Å²) < 4.78 is 5.26. The molecule has 0 radical (unpaired) electrons. The van der Waals surface area contributed by atoms with E-state index in [1.807, 2.05) is 6.08 Å². The van der Waals surface area contributed by atoms with Crippen molar-refractivity contribution in [1.29, 1.82) is 0 Å². The van der Waals surface area contributed by atoms with Gasteiger partial charge in [-0.05, 0) is 25.0 Å². The van der Waals surface area contributed by atoms with Crippen LogP contribution in [0.25, 0.3) is 5.57 Å². The van der Waals surface area contributed by atoms with E-state index in [0.29, 0.717) is 31.8 Å². The van der Waals surface area contributed by atoms with Crippen LogP contribution in [0.4, 0.5) is 4.79 Å². The van der Waals surface area contributed by atoms with Crippen molar-refractivity contribution in [3.05, 3.63) is 11.9 Å². The fourth-order valence-corrected chi connectivity index (χ4v) is 2.11. The van der Waals surface area contributed by atoms with Crippen LogP contribution in [0, 0.1) is 0 Å². The van der Waals surface area contributed by atoms with Crippen molar-refractivity contribution in [2.75, 3.05) is 13.1 Å². The molecule has 0 aromatic carbocycles. The highest BCUT2D eigenvalue weighted by Gasteiger charge is 2.23. The Morgan fingerprint density at radius 2 is 2.27 bits per heavy atom. The van der Waals surface area contributed by atoms with E-state index in [-0.39, 0.29) is 6.42 Å². The van der Waals surface area contributed by atoms with Crippen LogP contribution in [0.15, 0.2) is 6.08 Å². The first kappa shape index (κ1) is 15.9. The maximum absolute atomic E-state index is 12.1. The summed E-state index contributed by atoms with van der Waals surface area (Å²) in [5, 5.41) is 20.5. The van der Waals surface area contributed by atoms with Gasteiger partial charge in [0, 0.05) is 18.5 Å². The minimum absolute atomic E-state index is 0.0247. The topological polar surface area (TPSA) is 110 Å². The standard InChI is InChI=1S/C13H19N5O4/c1-9(5-6-11(19)20)22-13(21)18-7-3-4-10(8-18)12-14-16-17(2)15-12/h4,9H,3,5-8H2,1-2H3,(H,19,20). The number of aryl methyl sites for hydroxylation is 1. The lowest BCUT2D eigenvalue weighted by molar-refractivity contribution is -0.137. The second-order valence-electron chi connectivity index (χ2n) is 5.17. The molecule has 0 saturated carbocycles. The molecule has 1 aliphatic heterocycles. The number of carboxylic acids is 1. The number of aromatic nitrogens is 4. The van der Waals surface area contributed by atoms with Crippen molar-refractivity contribution >= 4 is 17.6 Å². The molecule has 120 valence electrons. The molecule has 9 nitrogen and oxygen atoms in total. The zero-order valence-corrected chi connectivity index (χ0v) is 12.6. The van der Waals surface area contributed by atoms with Gasteiger partial charge in [-0.15, -0.1) is 10.2 Å². The van der Waals surface area contributed by atoms with E-state index < -0.39 is 18.2 Å². The fraction of sp³-hybridized carbons (Fsp3) is 0.615. The molecule has 0 saturated heterocycles. The number of nitrogens with zero attached hydrogens (tertiary/aromatic N) is 5. The number of amides is 1. The molecule has 0 bridgehead atoms. The summed E-state index contributed by atoms with van der Waals surface area (Å²) in [6.45, 7) is 2.59. The summed E-state index contributed by atoms with van der Waals surface area (Å²) in [5.41, 5.74) is 0.828. The number of hydrogen-bond acceptors (Lipinski definition) is 6. The molecule has 0 spiro atoms. The Hall–Kier alpha value is -2.45. The molecule has 2 heterocycles. The smallest absolute Gasteiger partial charge is 0.410 e. The molecule has 0 fully saturated rings. The first-order valence-electron chi connectivity index (χ1n) is 7.06. The van der Waals surface area contributed by atoms with Crippen molar-refractivity contribution in [2.24, 2.45) is 7.05 Å². The van der Waals surface area contributed by atoms with Crippen LogP contribution < -0.4 is 0 Å². The van der Waals surface area contributed by atoms with Crippen LogP contribution in [0.1, 0.15) is 32.0 Å². The van der Waals surface area contributed by atoms with E-state index in [2.05, 4.69) is 15.4 Å². The molecule has 2 rings (SSSR count). The summed E-state index contributed by atoms with van der Waals surface area (Å²) >= 11 is 0. The van der Waals surface area contributed by atoms with Gasteiger partial charge in [0.2, 0.25) is 5.82 Å². The molecule has 1 amide bonds. The van der Waals surface area contributed by atoms with Gasteiger partial charge >= 0.3 is 12.1 Å². The number of rotatable bonds is 5. The van der Waals surface area contributed by atoms with E-state index in [1.54, 1.807) is 18.9 Å². The van der Waals surface area contributed by atoms with Crippen molar-refractivity contribution in [1.82, 2.24) is 25.1 Å². The number of carboxylic acid groups (broad SMARTS) is 1. The molecule has 1 aliphatic rings. The van der Waals surface area contributed by atoms with Gasteiger partial charge in [0.25, 0.3) is 0 Å². The Bertz CT molecular complexity index is 583. The molecule has 1 atom stereocenters. The summed E-state index contributed by atoms with van der Waals surface area (Å²) in [5.74, 6) is -0.404. The van der Waals surface area contributed by atoms with Crippen molar-refractivity contribution < 1.29 is 19.4 Å². The summed E-state index contributed by atoms with van der Waals surface area (Å²) in [4.78, 5) is 25.5. The quantitative estimate of drug-likeness (QED) is 0.851. The van der Waals surface area contributed by atoms with Crippen molar-refractivity contribution in [3.8, 4) is 0 Å². The minimum Gasteiger partial charge on any atom is -0.481 e. The Morgan fingerprint density at radius 3 is 2.91 bits per heavy atom. The van der Waals surface area contributed by atoms with Gasteiger partial charge < -0.3 is 14.7 Å². The normalized spacial score (nSPS) is 16.1.